The van der Waals surface area contributed by atoms with Crippen molar-refractivity contribution in [3.05, 3.63) is 81.9 Å². The molecule has 1 amide bonds. The van der Waals surface area contributed by atoms with Crippen LogP contribution in [0.25, 0.3) is 11.3 Å². The van der Waals surface area contributed by atoms with Crippen molar-refractivity contribution in [2.75, 3.05) is 5.32 Å². The molecule has 0 unspecified atom stereocenters. The van der Waals surface area contributed by atoms with E-state index in [9.17, 15) is 9.59 Å². The molecular formula is C24H25N5O2S. The second kappa shape index (κ2) is 9.00. The molecule has 32 heavy (non-hydrogen) atoms. The molecule has 0 aliphatic rings. The molecule has 0 radical (unpaired) electrons. The van der Waals surface area contributed by atoms with E-state index in [0.29, 0.717) is 11.6 Å². The highest BCUT2D eigenvalue weighted by Gasteiger charge is 2.22. The minimum absolute atomic E-state index is 0.105. The van der Waals surface area contributed by atoms with Crippen LogP contribution in [-0.2, 0) is 4.79 Å². The van der Waals surface area contributed by atoms with Crippen molar-refractivity contribution in [3.63, 3.8) is 0 Å². The third kappa shape index (κ3) is 4.18. The summed E-state index contributed by atoms with van der Waals surface area (Å²) in [5.41, 5.74) is 4.81. The minimum Gasteiger partial charge on any atom is -0.325 e. The fourth-order valence-electron chi connectivity index (χ4n) is 3.40. The first-order chi connectivity index (χ1) is 15.4. The van der Waals surface area contributed by atoms with Gasteiger partial charge in [0.05, 0.1) is 5.25 Å². The molecule has 0 aliphatic heterocycles. The first-order valence-electron chi connectivity index (χ1n) is 10.5. The predicted molar refractivity (Wildman–Crippen MR) is 128 cm³/mol. The van der Waals surface area contributed by atoms with Gasteiger partial charge in [0.1, 0.15) is 0 Å². The van der Waals surface area contributed by atoms with E-state index in [1.54, 1.807) is 21.4 Å². The van der Waals surface area contributed by atoms with Gasteiger partial charge in [-0.25, -0.2) is 0 Å². The summed E-state index contributed by atoms with van der Waals surface area (Å²) in [6, 6.07) is 13.5. The van der Waals surface area contributed by atoms with E-state index in [4.69, 9.17) is 0 Å². The number of hydrogen-bond acceptors (Lipinski definition) is 5. The Labute approximate surface area is 190 Å². The molecule has 164 valence electrons. The van der Waals surface area contributed by atoms with Crippen LogP contribution < -0.4 is 10.9 Å². The fourth-order valence-corrected chi connectivity index (χ4v) is 4.34. The topological polar surface area (TPSA) is 81.3 Å². The van der Waals surface area contributed by atoms with Crippen molar-refractivity contribution >= 4 is 29.0 Å². The molecule has 0 saturated carbocycles. The summed E-state index contributed by atoms with van der Waals surface area (Å²) >= 11 is 1.30. The highest BCUT2D eigenvalue weighted by Crippen LogP contribution is 2.26. The number of thioether (sulfide) groups is 1. The first kappa shape index (κ1) is 21.8. The summed E-state index contributed by atoms with van der Waals surface area (Å²) in [7, 11) is 0. The van der Waals surface area contributed by atoms with Gasteiger partial charge in [-0.3, -0.25) is 18.6 Å². The van der Waals surface area contributed by atoms with Gasteiger partial charge < -0.3 is 5.32 Å². The van der Waals surface area contributed by atoms with Crippen LogP contribution in [0.3, 0.4) is 0 Å². The molecule has 4 rings (SSSR count). The number of anilines is 1. The summed E-state index contributed by atoms with van der Waals surface area (Å²) in [5, 5.41) is 11.4. The van der Waals surface area contributed by atoms with Crippen molar-refractivity contribution in [3.8, 4) is 5.69 Å². The highest BCUT2D eigenvalue weighted by molar-refractivity contribution is 8.00. The molecule has 0 aliphatic carbocycles. The Hall–Kier alpha value is -3.39. The van der Waals surface area contributed by atoms with Crippen LogP contribution in [0, 0.1) is 20.8 Å². The average Bonchev–Trinajstić information content (AvgIpc) is 3.19. The fraction of sp³-hybridized carbons (Fsp3) is 0.250. The molecule has 1 atom stereocenters. The zero-order valence-electron chi connectivity index (χ0n) is 18.5. The van der Waals surface area contributed by atoms with Crippen LogP contribution in [0.2, 0.25) is 0 Å². The number of nitrogens with one attached hydrogen (secondary N) is 1. The predicted octanol–water partition coefficient (Wildman–Crippen LogP) is 4.31. The molecule has 2 aromatic carbocycles. The van der Waals surface area contributed by atoms with Crippen LogP contribution in [0.5, 0.6) is 0 Å². The number of hydrogen-bond donors (Lipinski definition) is 1. The normalized spacial score (nSPS) is 12.1. The lowest BCUT2D eigenvalue weighted by Gasteiger charge is -2.15. The van der Waals surface area contributed by atoms with Crippen molar-refractivity contribution < 1.29 is 4.79 Å². The molecule has 7 nitrogen and oxygen atoms in total. The second-order valence-corrected chi connectivity index (χ2v) is 8.91. The zero-order valence-corrected chi connectivity index (χ0v) is 19.3. The van der Waals surface area contributed by atoms with E-state index < -0.39 is 0 Å². The molecule has 2 aromatic heterocycles. The number of nitrogens with zero attached hydrogens (tertiary/aromatic N) is 4. The Balaban J connectivity index is 1.61. The third-order valence-corrected chi connectivity index (χ3v) is 6.84. The number of amides is 1. The van der Waals surface area contributed by atoms with E-state index in [2.05, 4.69) is 15.5 Å². The molecule has 8 heteroatoms. The van der Waals surface area contributed by atoms with E-state index in [1.807, 2.05) is 70.2 Å². The highest BCUT2D eigenvalue weighted by atomic mass is 32.2. The van der Waals surface area contributed by atoms with E-state index in [0.717, 1.165) is 22.5 Å². The quantitative estimate of drug-likeness (QED) is 0.445. The molecule has 0 fully saturated rings. The Morgan fingerprint density at radius 3 is 2.53 bits per heavy atom. The van der Waals surface area contributed by atoms with Crippen LogP contribution in [-0.4, -0.2) is 30.3 Å². The van der Waals surface area contributed by atoms with Gasteiger partial charge in [0, 0.05) is 23.8 Å². The maximum absolute atomic E-state index is 13.1. The van der Waals surface area contributed by atoms with Crippen LogP contribution in [0.1, 0.15) is 30.0 Å². The van der Waals surface area contributed by atoms with Crippen LogP contribution in [0.4, 0.5) is 5.69 Å². The van der Waals surface area contributed by atoms with Gasteiger partial charge in [0.25, 0.3) is 0 Å². The molecule has 0 saturated heterocycles. The lowest BCUT2D eigenvalue weighted by molar-refractivity contribution is -0.115. The Kier molecular flexibility index (Phi) is 6.14. The number of carbonyl (C=O) groups excluding carboxylic acids is 1. The summed E-state index contributed by atoms with van der Waals surface area (Å²) in [6.07, 6.45) is 4.08. The Morgan fingerprint density at radius 2 is 1.81 bits per heavy atom. The van der Waals surface area contributed by atoms with Gasteiger partial charge in [0.2, 0.25) is 11.6 Å². The molecule has 0 bridgehead atoms. The number of benzene rings is 2. The molecular weight excluding hydrogens is 422 g/mol. The number of fused-ring (bicyclic) bond motifs is 1. The van der Waals surface area contributed by atoms with Crippen LogP contribution in [0.15, 0.2) is 64.8 Å². The molecule has 4 aromatic rings. The van der Waals surface area contributed by atoms with Gasteiger partial charge in [-0.15, -0.1) is 10.2 Å². The van der Waals surface area contributed by atoms with Gasteiger partial charge in [0.15, 0.2) is 5.16 Å². The van der Waals surface area contributed by atoms with Gasteiger partial charge in [-0.2, -0.15) is 0 Å². The smallest absolute Gasteiger partial charge is 0.300 e. The summed E-state index contributed by atoms with van der Waals surface area (Å²) < 4.78 is 3.21. The van der Waals surface area contributed by atoms with Gasteiger partial charge >= 0.3 is 5.56 Å². The van der Waals surface area contributed by atoms with Crippen molar-refractivity contribution in [2.45, 2.75) is 44.5 Å². The lowest BCUT2D eigenvalue weighted by Crippen LogP contribution is -2.25. The monoisotopic (exact) mass is 447 g/mol. The number of carbonyl (C=O) groups is 1. The summed E-state index contributed by atoms with van der Waals surface area (Å²) in [4.78, 5) is 25.9. The average molecular weight is 448 g/mol. The number of aryl methyl sites for hydroxylation is 3. The van der Waals surface area contributed by atoms with Gasteiger partial charge in [-0.1, -0.05) is 43.0 Å². The molecule has 2 heterocycles. The minimum atomic E-state index is -0.371. The van der Waals surface area contributed by atoms with Crippen LogP contribution >= 0.6 is 11.8 Å². The number of para-hydroxylation sites is 1. The summed E-state index contributed by atoms with van der Waals surface area (Å²) in [6.45, 7) is 7.95. The van der Waals surface area contributed by atoms with Crippen molar-refractivity contribution in [1.29, 1.82) is 0 Å². The first-order valence-corrected chi connectivity index (χ1v) is 11.3. The molecule has 1 N–H and O–H groups in total. The lowest BCUT2D eigenvalue weighted by atomic mass is 10.1. The van der Waals surface area contributed by atoms with Gasteiger partial charge in [-0.05, 0) is 62.1 Å². The Bertz CT molecular complexity index is 1360. The largest absolute Gasteiger partial charge is 0.325 e. The zero-order chi connectivity index (χ0) is 22.8. The maximum Gasteiger partial charge on any atom is 0.300 e. The second-order valence-electron chi connectivity index (χ2n) is 7.74. The molecule has 0 spiro atoms. The van der Waals surface area contributed by atoms with Crippen molar-refractivity contribution in [2.24, 2.45) is 0 Å². The van der Waals surface area contributed by atoms with E-state index in [1.165, 1.54) is 17.3 Å². The standard InChI is InChI=1S/C24H25N5O2S/c1-5-20(22(30)25-19-9-7-6-8-16(19)3)32-24-27-26-21-23(31)28(12-13-29(21)24)18-11-10-15(2)17(4)14-18/h6-14,20H,5H2,1-4H3,(H,25,30)/t20-/m1/s1. The summed E-state index contributed by atoms with van der Waals surface area (Å²) in [5.74, 6) is -0.105. The SMILES string of the molecule is CC[C@@H](Sc1nnc2c(=O)n(-c3ccc(C)c(C)c3)ccn12)C(=O)Nc1ccccc1C. The number of aromatic nitrogens is 4. The third-order valence-electron chi connectivity index (χ3n) is 5.52. The Morgan fingerprint density at radius 1 is 1.03 bits per heavy atom. The van der Waals surface area contributed by atoms with E-state index >= 15 is 0 Å². The van der Waals surface area contributed by atoms with E-state index in [-0.39, 0.29) is 22.4 Å². The maximum atomic E-state index is 13.1. The van der Waals surface area contributed by atoms with Crippen molar-refractivity contribution in [1.82, 2.24) is 19.2 Å². The number of rotatable bonds is 6.